The van der Waals surface area contributed by atoms with E-state index in [0.717, 1.165) is 25.8 Å². The Morgan fingerprint density at radius 1 is 1.11 bits per heavy atom. The van der Waals surface area contributed by atoms with Crippen molar-refractivity contribution >= 4 is 5.95 Å². The molecule has 0 saturated carbocycles. The zero-order valence-corrected chi connectivity index (χ0v) is 10.9. The average molecular weight is 246 g/mol. The number of aryl methyl sites for hydroxylation is 1. The quantitative estimate of drug-likeness (QED) is 0.778. The van der Waals surface area contributed by atoms with Gasteiger partial charge in [-0.25, -0.2) is 9.97 Å². The number of rotatable bonds is 2. The monoisotopic (exact) mass is 246 g/mol. The molecule has 3 N–H and O–H groups in total. The summed E-state index contributed by atoms with van der Waals surface area (Å²) in [6, 6.07) is 0.589. The minimum Gasteiger partial charge on any atom is -0.368 e. The second kappa shape index (κ2) is 5.22. The molecule has 98 valence electrons. The first kappa shape index (κ1) is 11.9. The first-order chi connectivity index (χ1) is 8.83. The van der Waals surface area contributed by atoms with Gasteiger partial charge in [0.15, 0.2) is 0 Å². The highest BCUT2D eigenvalue weighted by molar-refractivity contribution is 5.33. The van der Waals surface area contributed by atoms with E-state index in [-0.39, 0.29) is 0 Å². The standard InChI is InChI=1S/C14H22N4/c15-14-17-12-7-3-1-2-6-11(12)13(18-14)9-10-5-4-8-16-10/h10,16H,1-9H2,(H2,15,17,18). The average Bonchev–Trinajstić information content (AvgIpc) is 2.73. The number of hydrogen-bond donors (Lipinski definition) is 2. The molecule has 0 spiro atoms. The van der Waals surface area contributed by atoms with Crippen LogP contribution in [0.5, 0.6) is 0 Å². The number of aromatic nitrogens is 2. The van der Waals surface area contributed by atoms with Gasteiger partial charge in [-0.05, 0) is 50.6 Å². The molecule has 1 atom stereocenters. The molecule has 4 nitrogen and oxygen atoms in total. The zero-order chi connectivity index (χ0) is 12.4. The fourth-order valence-corrected chi connectivity index (χ4v) is 3.20. The van der Waals surface area contributed by atoms with E-state index in [1.807, 2.05) is 0 Å². The topological polar surface area (TPSA) is 63.8 Å². The second-order valence-corrected chi connectivity index (χ2v) is 5.51. The second-order valence-electron chi connectivity index (χ2n) is 5.51. The van der Waals surface area contributed by atoms with E-state index in [1.54, 1.807) is 0 Å². The smallest absolute Gasteiger partial charge is 0.220 e. The Morgan fingerprint density at radius 2 is 2.00 bits per heavy atom. The third kappa shape index (κ3) is 2.48. The van der Waals surface area contributed by atoms with Gasteiger partial charge >= 0.3 is 0 Å². The number of nitrogens with one attached hydrogen (secondary N) is 1. The molecule has 1 saturated heterocycles. The molecular formula is C14H22N4. The summed E-state index contributed by atoms with van der Waals surface area (Å²) in [6.07, 6.45) is 9.60. The molecule has 1 fully saturated rings. The van der Waals surface area contributed by atoms with Gasteiger partial charge in [0.2, 0.25) is 5.95 Å². The Labute approximate surface area is 108 Å². The number of nitrogen functional groups attached to an aromatic ring is 1. The van der Waals surface area contributed by atoms with Gasteiger partial charge in [-0.15, -0.1) is 0 Å². The fourth-order valence-electron chi connectivity index (χ4n) is 3.20. The number of anilines is 1. The lowest BCUT2D eigenvalue weighted by Crippen LogP contribution is -2.25. The van der Waals surface area contributed by atoms with Gasteiger partial charge in [-0.2, -0.15) is 0 Å². The van der Waals surface area contributed by atoms with Gasteiger partial charge in [0.1, 0.15) is 0 Å². The maximum Gasteiger partial charge on any atom is 0.220 e. The lowest BCUT2D eigenvalue weighted by Gasteiger charge is -2.15. The maximum absolute atomic E-state index is 5.87. The van der Waals surface area contributed by atoms with Crippen LogP contribution in [0.3, 0.4) is 0 Å². The number of hydrogen-bond acceptors (Lipinski definition) is 4. The Balaban J connectivity index is 1.89. The molecule has 0 aromatic carbocycles. The SMILES string of the molecule is Nc1nc2c(c(CC3CCCN3)n1)CCCCC2. The molecular weight excluding hydrogens is 224 g/mol. The molecule has 0 radical (unpaired) electrons. The van der Waals surface area contributed by atoms with Gasteiger partial charge in [-0.1, -0.05) is 6.42 Å². The van der Waals surface area contributed by atoms with Crippen LogP contribution in [0.2, 0.25) is 0 Å². The van der Waals surface area contributed by atoms with Crippen molar-refractivity contribution in [1.29, 1.82) is 0 Å². The van der Waals surface area contributed by atoms with Crippen molar-refractivity contribution in [3.8, 4) is 0 Å². The molecule has 3 rings (SSSR count). The molecule has 1 unspecified atom stereocenters. The van der Waals surface area contributed by atoms with E-state index in [9.17, 15) is 0 Å². The van der Waals surface area contributed by atoms with Crippen molar-refractivity contribution in [3.05, 3.63) is 17.0 Å². The normalized spacial score (nSPS) is 23.7. The number of nitrogens with zero attached hydrogens (tertiary/aromatic N) is 2. The molecule has 2 heterocycles. The summed E-state index contributed by atoms with van der Waals surface area (Å²) in [5.74, 6) is 0.462. The van der Waals surface area contributed by atoms with Crippen molar-refractivity contribution in [3.63, 3.8) is 0 Å². The maximum atomic E-state index is 5.87. The van der Waals surface area contributed by atoms with E-state index in [0.29, 0.717) is 12.0 Å². The van der Waals surface area contributed by atoms with Crippen LogP contribution in [0.4, 0.5) is 5.95 Å². The van der Waals surface area contributed by atoms with E-state index in [1.165, 1.54) is 49.1 Å². The van der Waals surface area contributed by atoms with Crippen LogP contribution >= 0.6 is 0 Å². The van der Waals surface area contributed by atoms with E-state index >= 15 is 0 Å². The molecule has 1 aromatic heterocycles. The Hall–Kier alpha value is -1.16. The summed E-state index contributed by atoms with van der Waals surface area (Å²) in [4.78, 5) is 8.97. The highest BCUT2D eigenvalue weighted by Gasteiger charge is 2.20. The predicted molar refractivity (Wildman–Crippen MR) is 72.4 cm³/mol. The fraction of sp³-hybridized carbons (Fsp3) is 0.714. The number of fused-ring (bicyclic) bond motifs is 1. The van der Waals surface area contributed by atoms with Gasteiger partial charge in [-0.3, -0.25) is 0 Å². The zero-order valence-electron chi connectivity index (χ0n) is 10.9. The van der Waals surface area contributed by atoms with Crippen LogP contribution in [0.1, 0.15) is 49.1 Å². The summed E-state index contributed by atoms with van der Waals surface area (Å²) >= 11 is 0. The highest BCUT2D eigenvalue weighted by atomic mass is 15.0. The number of nitrogens with two attached hydrogens (primary N) is 1. The molecule has 1 aromatic rings. The van der Waals surface area contributed by atoms with Crippen molar-refractivity contribution in [2.75, 3.05) is 12.3 Å². The third-order valence-electron chi connectivity index (χ3n) is 4.14. The van der Waals surface area contributed by atoms with Crippen LogP contribution in [0.15, 0.2) is 0 Å². The summed E-state index contributed by atoms with van der Waals surface area (Å²) in [5, 5.41) is 3.55. The Morgan fingerprint density at radius 3 is 2.83 bits per heavy atom. The summed E-state index contributed by atoms with van der Waals surface area (Å²) in [6.45, 7) is 1.15. The largest absolute Gasteiger partial charge is 0.368 e. The highest BCUT2D eigenvalue weighted by Crippen LogP contribution is 2.24. The third-order valence-corrected chi connectivity index (χ3v) is 4.14. The summed E-state index contributed by atoms with van der Waals surface area (Å²) < 4.78 is 0. The Bertz CT molecular complexity index is 424. The predicted octanol–water partition coefficient (Wildman–Crippen LogP) is 1.62. The van der Waals surface area contributed by atoms with Crippen molar-refractivity contribution < 1.29 is 0 Å². The molecule has 1 aliphatic carbocycles. The van der Waals surface area contributed by atoms with Crippen molar-refractivity contribution in [1.82, 2.24) is 15.3 Å². The molecule has 18 heavy (non-hydrogen) atoms. The summed E-state index contributed by atoms with van der Waals surface area (Å²) in [5.41, 5.74) is 9.69. The lowest BCUT2D eigenvalue weighted by atomic mass is 10.0. The molecule has 2 aliphatic rings. The van der Waals surface area contributed by atoms with Crippen LogP contribution in [0, 0.1) is 0 Å². The first-order valence-electron chi connectivity index (χ1n) is 7.20. The summed E-state index contributed by atoms with van der Waals surface area (Å²) in [7, 11) is 0. The van der Waals surface area contributed by atoms with Gasteiger partial charge in [0.25, 0.3) is 0 Å². The van der Waals surface area contributed by atoms with Crippen LogP contribution in [-0.2, 0) is 19.3 Å². The van der Waals surface area contributed by atoms with E-state index in [4.69, 9.17) is 5.73 Å². The minimum atomic E-state index is 0.462. The molecule has 1 aliphatic heterocycles. The van der Waals surface area contributed by atoms with Gasteiger partial charge in [0.05, 0.1) is 5.69 Å². The molecule has 4 heteroatoms. The van der Waals surface area contributed by atoms with E-state index < -0.39 is 0 Å². The van der Waals surface area contributed by atoms with Gasteiger partial charge < -0.3 is 11.1 Å². The van der Waals surface area contributed by atoms with Crippen LogP contribution in [0.25, 0.3) is 0 Å². The first-order valence-corrected chi connectivity index (χ1v) is 7.20. The Kier molecular flexibility index (Phi) is 3.46. The van der Waals surface area contributed by atoms with E-state index in [2.05, 4.69) is 15.3 Å². The van der Waals surface area contributed by atoms with Crippen LogP contribution < -0.4 is 11.1 Å². The van der Waals surface area contributed by atoms with Crippen LogP contribution in [-0.4, -0.2) is 22.6 Å². The van der Waals surface area contributed by atoms with Crippen molar-refractivity contribution in [2.24, 2.45) is 0 Å². The molecule has 0 bridgehead atoms. The van der Waals surface area contributed by atoms with Gasteiger partial charge in [0, 0.05) is 18.2 Å². The molecule has 0 amide bonds. The minimum absolute atomic E-state index is 0.462. The lowest BCUT2D eigenvalue weighted by molar-refractivity contribution is 0.589. The van der Waals surface area contributed by atoms with Crippen molar-refractivity contribution in [2.45, 2.75) is 57.4 Å².